The van der Waals surface area contributed by atoms with E-state index < -0.39 is 22.8 Å². The Balaban J connectivity index is 2.24. The van der Waals surface area contributed by atoms with Crippen LogP contribution < -0.4 is 14.8 Å². The van der Waals surface area contributed by atoms with E-state index in [0.717, 1.165) is 0 Å². The Kier molecular flexibility index (Phi) is 4.69. The first-order valence-corrected chi connectivity index (χ1v) is 6.43. The number of methoxy groups -OCH3 is 2. The molecule has 0 saturated carbocycles. The summed E-state index contributed by atoms with van der Waals surface area (Å²) in [6, 6.07) is 3.08. The first-order chi connectivity index (χ1) is 11.0. The zero-order valence-corrected chi connectivity index (χ0v) is 12.3. The molecule has 1 heterocycles. The van der Waals surface area contributed by atoms with Crippen molar-refractivity contribution in [2.45, 2.75) is 6.04 Å². The SMILES string of the molecule is COc1ccc(/C=C/C2=NC(=O)C([N+](=O)[O-])C(=O)N2)c(OC)c1. The lowest BCUT2D eigenvalue weighted by Gasteiger charge is -2.12. The smallest absolute Gasteiger partial charge is 0.368 e. The van der Waals surface area contributed by atoms with Crippen LogP contribution in [0.3, 0.4) is 0 Å². The number of amides is 2. The molecule has 0 radical (unpaired) electrons. The lowest BCUT2D eigenvalue weighted by molar-refractivity contribution is -0.493. The van der Waals surface area contributed by atoms with Crippen molar-refractivity contribution in [2.75, 3.05) is 14.2 Å². The molecule has 2 rings (SSSR count). The molecule has 1 aromatic rings. The highest BCUT2D eigenvalue weighted by Crippen LogP contribution is 2.25. The summed E-state index contributed by atoms with van der Waals surface area (Å²) in [7, 11) is 3.01. The summed E-state index contributed by atoms with van der Waals surface area (Å²) in [5, 5.41) is 12.8. The maximum Gasteiger partial charge on any atom is 0.368 e. The zero-order valence-electron chi connectivity index (χ0n) is 12.3. The van der Waals surface area contributed by atoms with Crippen molar-refractivity contribution in [3.05, 3.63) is 40.0 Å². The van der Waals surface area contributed by atoms with Gasteiger partial charge in [0.05, 0.1) is 14.2 Å². The number of hydrogen-bond acceptors (Lipinski definition) is 6. The molecule has 0 aromatic heterocycles. The van der Waals surface area contributed by atoms with Gasteiger partial charge in [-0.05, 0) is 24.3 Å². The van der Waals surface area contributed by atoms with Crippen LogP contribution in [0.2, 0.25) is 0 Å². The van der Waals surface area contributed by atoms with Gasteiger partial charge in [-0.3, -0.25) is 19.7 Å². The van der Waals surface area contributed by atoms with Gasteiger partial charge in [0.25, 0.3) is 0 Å². The molecule has 1 N–H and O–H groups in total. The second-order valence-electron chi connectivity index (χ2n) is 4.45. The third-order valence-corrected chi connectivity index (χ3v) is 3.04. The molecule has 0 fully saturated rings. The molecule has 0 saturated heterocycles. The van der Waals surface area contributed by atoms with Gasteiger partial charge in [-0.15, -0.1) is 0 Å². The number of nitro groups is 1. The number of rotatable bonds is 5. The third-order valence-electron chi connectivity index (χ3n) is 3.04. The van der Waals surface area contributed by atoms with E-state index >= 15 is 0 Å². The van der Waals surface area contributed by atoms with Crippen LogP contribution in [0, 0.1) is 10.1 Å². The van der Waals surface area contributed by atoms with Crippen molar-refractivity contribution >= 4 is 23.7 Å². The van der Waals surface area contributed by atoms with Crippen LogP contribution in [0.1, 0.15) is 5.56 Å². The molecule has 1 aromatic carbocycles. The Morgan fingerprint density at radius 3 is 2.57 bits per heavy atom. The van der Waals surface area contributed by atoms with Crippen molar-refractivity contribution in [3.63, 3.8) is 0 Å². The Bertz CT molecular complexity index is 725. The van der Waals surface area contributed by atoms with E-state index in [-0.39, 0.29) is 5.84 Å². The van der Waals surface area contributed by atoms with E-state index in [0.29, 0.717) is 17.1 Å². The number of amidine groups is 1. The van der Waals surface area contributed by atoms with E-state index in [1.54, 1.807) is 24.3 Å². The summed E-state index contributed by atoms with van der Waals surface area (Å²) in [5.41, 5.74) is 0.647. The van der Waals surface area contributed by atoms with Crippen molar-refractivity contribution in [2.24, 2.45) is 4.99 Å². The number of hydrogen-bond donors (Lipinski definition) is 1. The topological polar surface area (TPSA) is 120 Å². The van der Waals surface area contributed by atoms with Crippen LogP contribution in [0.4, 0.5) is 0 Å². The number of aliphatic imine (C=N–C) groups is 1. The predicted molar refractivity (Wildman–Crippen MR) is 79.9 cm³/mol. The van der Waals surface area contributed by atoms with Crippen molar-refractivity contribution in [3.8, 4) is 11.5 Å². The van der Waals surface area contributed by atoms with Gasteiger partial charge in [0.2, 0.25) is 0 Å². The van der Waals surface area contributed by atoms with Gasteiger partial charge in [0, 0.05) is 16.6 Å². The van der Waals surface area contributed by atoms with Crippen LogP contribution in [-0.2, 0) is 9.59 Å². The zero-order chi connectivity index (χ0) is 17.0. The third kappa shape index (κ3) is 3.51. The number of ether oxygens (including phenoxy) is 2. The number of carbonyl (C=O) groups excluding carboxylic acids is 2. The normalized spacial score (nSPS) is 17.7. The molecule has 1 aliphatic rings. The van der Waals surface area contributed by atoms with Gasteiger partial charge in [-0.25, -0.2) is 0 Å². The van der Waals surface area contributed by atoms with Crippen LogP contribution in [-0.4, -0.2) is 42.8 Å². The Morgan fingerprint density at radius 1 is 1.26 bits per heavy atom. The molecule has 9 heteroatoms. The second-order valence-corrected chi connectivity index (χ2v) is 4.45. The molecule has 1 unspecified atom stereocenters. The summed E-state index contributed by atoms with van der Waals surface area (Å²) in [6.45, 7) is 0. The van der Waals surface area contributed by atoms with Gasteiger partial charge < -0.3 is 14.8 Å². The van der Waals surface area contributed by atoms with E-state index in [4.69, 9.17) is 9.47 Å². The van der Waals surface area contributed by atoms with Crippen LogP contribution in [0.25, 0.3) is 6.08 Å². The van der Waals surface area contributed by atoms with Gasteiger partial charge in [0.1, 0.15) is 17.3 Å². The lowest BCUT2D eigenvalue weighted by atomic mass is 10.1. The highest BCUT2D eigenvalue weighted by atomic mass is 16.6. The molecule has 9 nitrogen and oxygen atoms in total. The van der Waals surface area contributed by atoms with Crippen molar-refractivity contribution in [1.82, 2.24) is 5.32 Å². The minimum absolute atomic E-state index is 0.0732. The van der Waals surface area contributed by atoms with Crippen molar-refractivity contribution < 1.29 is 24.0 Å². The predicted octanol–water partition coefficient (Wildman–Crippen LogP) is 0.417. The van der Waals surface area contributed by atoms with Crippen molar-refractivity contribution in [1.29, 1.82) is 0 Å². The van der Waals surface area contributed by atoms with Gasteiger partial charge >= 0.3 is 17.9 Å². The molecule has 0 bridgehead atoms. The molecular formula is C14H13N3O6. The highest BCUT2D eigenvalue weighted by Gasteiger charge is 2.41. The number of nitrogens with one attached hydrogen (secondary N) is 1. The first-order valence-electron chi connectivity index (χ1n) is 6.43. The molecule has 23 heavy (non-hydrogen) atoms. The molecule has 1 atom stereocenters. The molecule has 120 valence electrons. The van der Waals surface area contributed by atoms with E-state index in [2.05, 4.69) is 10.3 Å². The lowest BCUT2D eigenvalue weighted by Crippen LogP contribution is -2.50. The van der Waals surface area contributed by atoms with Gasteiger partial charge in [-0.2, -0.15) is 4.99 Å². The fraction of sp³-hybridized carbons (Fsp3) is 0.214. The summed E-state index contributed by atoms with van der Waals surface area (Å²) >= 11 is 0. The minimum Gasteiger partial charge on any atom is -0.497 e. The maximum atomic E-state index is 11.5. The van der Waals surface area contributed by atoms with E-state index in [1.807, 2.05) is 0 Å². The average molecular weight is 319 g/mol. The standard InChI is InChI=1S/C14H13N3O6/c1-22-9-5-3-8(10(7-9)23-2)4-6-11-15-13(18)12(17(20)21)14(19)16-11/h3-7,12H,1-2H3,(H,15,16,18,19)/b6-4+. The number of nitrogens with zero attached hydrogens (tertiary/aromatic N) is 2. The van der Waals surface area contributed by atoms with Crippen LogP contribution >= 0.6 is 0 Å². The molecule has 2 amide bonds. The average Bonchev–Trinajstić information content (AvgIpc) is 2.51. The summed E-state index contributed by atoms with van der Waals surface area (Å²) in [6.07, 6.45) is 2.91. The molecule has 0 spiro atoms. The molecular weight excluding hydrogens is 306 g/mol. The van der Waals surface area contributed by atoms with E-state index in [9.17, 15) is 19.7 Å². The van der Waals surface area contributed by atoms with Crippen LogP contribution in [0.5, 0.6) is 11.5 Å². The summed E-state index contributed by atoms with van der Waals surface area (Å²) < 4.78 is 10.3. The highest BCUT2D eigenvalue weighted by molar-refractivity contribution is 6.21. The number of carbonyl (C=O) groups is 2. The largest absolute Gasteiger partial charge is 0.497 e. The minimum atomic E-state index is -2.00. The quantitative estimate of drug-likeness (QED) is 0.477. The number of benzene rings is 1. The Labute approximate surface area is 130 Å². The van der Waals surface area contributed by atoms with Crippen LogP contribution in [0.15, 0.2) is 29.3 Å². The summed E-state index contributed by atoms with van der Waals surface area (Å²) in [5.74, 6) is -1.09. The fourth-order valence-corrected chi connectivity index (χ4v) is 1.90. The van der Waals surface area contributed by atoms with Gasteiger partial charge in [0.15, 0.2) is 0 Å². The molecule has 0 aliphatic carbocycles. The Hall–Kier alpha value is -3.23. The monoisotopic (exact) mass is 319 g/mol. The summed E-state index contributed by atoms with van der Waals surface area (Å²) in [4.78, 5) is 36.2. The second kappa shape index (κ2) is 6.69. The first kappa shape index (κ1) is 16.1. The molecule has 1 aliphatic heterocycles. The van der Waals surface area contributed by atoms with E-state index in [1.165, 1.54) is 20.3 Å². The fourth-order valence-electron chi connectivity index (χ4n) is 1.90. The maximum absolute atomic E-state index is 11.5. The Morgan fingerprint density at radius 2 is 2.00 bits per heavy atom. The van der Waals surface area contributed by atoms with Gasteiger partial charge in [-0.1, -0.05) is 0 Å².